The van der Waals surface area contributed by atoms with E-state index in [1.54, 1.807) is 37.6 Å². The maximum atomic E-state index is 12.4. The largest absolute Gasteiger partial charge is 0.337 e. The molecule has 1 aromatic heterocycles. The third kappa shape index (κ3) is 3.69. The summed E-state index contributed by atoms with van der Waals surface area (Å²) >= 11 is 0. The van der Waals surface area contributed by atoms with E-state index in [1.165, 1.54) is 24.1 Å². The van der Waals surface area contributed by atoms with E-state index >= 15 is 0 Å². The van der Waals surface area contributed by atoms with Crippen LogP contribution >= 0.6 is 0 Å². The molecule has 2 rings (SSSR count). The van der Waals surface area contributed by atoms with Crippen molar-refractivity contribution in [2.75, 3.05) is 14.1 Å². The summed E-state index contributed by atoms with van der Waals surface area (Å²) in [5, 5.41) is 0. The summed E-state index contributed by atoms with van der Waals surface area (Å²) in [4.78, 5) is 18.0. The van der Waals surface area contributed by atoms with Gasteiger partial charge in [-0.3, -0.25) is 9.78 Å². The Morgan fingerprint density at radius 2 is 2.05 bits per heavy atom. The highest BCUT2D eigenvalue weighted by atomic mass is 32.2. The van der Waals surface area contributed by atoms with Gasteiger partial charge in [0.05, 0.1) is 4.90 Å². The minimum Gasteiger partial charge on any atom is -0.337 e. The summed E-state index contributed by atoms with van der Waals surface area (Å²) in [6.45, 7) is 0.398. The normalized spacial score (nSPS) is 11.2. The van der Waals surface area contributed by atoms with Gasteiger partial charge in [0.1, 0.15) is 0 Å². The Kier molecular flexibility index (Phi) is 4.89. The average molecular weight is 319 g/mol. The van der Waals surface area contributed by atoms with Crippen LogP contribution in [0.4, 0.5) is 0 Å². The monoisotopic (exact) mass is 319 g/mol. The van der Waals surface area contributed by atoms with Crippen molar-refractivity contribution in [1.82, 2.24) is 14.6 Å². The fourth-order valence-electron chi connectivity index (χ4n) is 1.97. The summed E-state index contributed by atoms with van der Waals surface area (Å²) < 4.78 is 25.8. The fraction of sp³-hybridized carbons (Fsp3) is 0.200. The molecule has 0 radical (unpaired) electrons. The number of benzene rings is 1. The highest BCUT2D eigenvalue weighted by Gasteiger charge is 2.16. The minimum absolute atomic E-state index is 0.0654. The van der Waals surface area contributed by atoms with Gasteiger partial charge >= 0.3 is 0 Å². The topological polar surface area (TPSA) is 79.4 Å². The van der Waals surface area contributed by atoms with Crippen LogP contribution in [0.25, 0.3) is 0 Å². The third-order valence-corrected chi connectivity index (χ3v) is 4.56. The Morgan fingerprint density at radius 1 is 1.27 bits per heavy atom. The first-order valence-corrected chi connectivity index (χ1v) is 8.10. The molecule has 6 nitrogen and oxygen atoms in total. The van der Waals surface area contributed by atoms with E-state index in [0.717, 1.165) is 5.56 Å². The minimum atomic E-state index is -3.57. The smallest absolute Gasteiger partial charge is 0.253 e. The maximum absolute atomic E-state index is 12.4. The zero-order valence-corrected chi connectivity index (χ0v) is 13.2. The molecule has 22 heavy (non-hydrogen) atoms. The molecule has 0 saturated carbocycles. The number of hydrogen-bond acceptors (Lipinski definition) is 4. The van der Waals surface area contributed by atoms with Crippen molar-refractivity contribution in [2.45, 2.75) is 11.4 Å². The molecule has 0 aliphatic carbocycles. The van der Waals surface area contributed by atoms with Gasteiger partial charge in [-0.25, -0.2) is 13.1 Å². The van der Waals surface area contributed by atoms with Crippen LogP contribution in [0, 0.1) is 0 Å². The standard InChI is InChI=1S/C15H17N3O3S/c1-16-22(20,21)14-7-3-6-13(9-14)15(19)18(2)11-12-5-4-8-17-10-12/h3-10,16H,11H2,1-2H3. The molecule has 0 spiro atoms. The van der Waals surface area contributed by atoms with Gasteiger partial charge < -0.3 is 4.90 Å². The molecule has 0 aliphatic rings. The van der Waals surface area contributed by atoms with E-state index < -0.39 is 10.0 Å². The number of nitrogens with one attached hydrogen (secondary N) is 1. The molecule has 7 heteroatoms. The summed E-state index contributed by atoms with van der Waals surface area (Å²) in [7, 11) is -0.577. The van der Waals surface area contributed by atoms with E-state index in [-0.39, 0.29) is 10.8 Å². The summed E-state index contributed by atoms with van der Waals surface area (Å²) in [6, 6.07) is 9.64. The van der Waals surface area contributed by atoms with E-state index in [0.29, 0.717) is 12.1 Å². The highest BCUT2D eigenvalue weighted by Crippen LogP contribution is 2.13. The first-order chi connectivity index (χ1) is 10.4. The molecular formula is C15H17N3O3S. The molecule has 1 aromatic carbocycles. The molecule has 1 heterocycles. The van der Waals surface area contributed by atoms with Crippen molar-refractivity contribution in [3.05, 3.63) is 59.9 Å². The predicted molar refractivity (Wildman–Crippen MR) is 82.7 cm³/mol. The second-order valence-corrected chi connectivity index (χ2v) is 6.64. The Labute approximate surface area is 129 Å². The lowest BCUT2D eigenvalue weighted by atomic mass is 10.2. The lowest BCUT2D eigenvalue weighted by Crippen LogP contribution is -2.26. The van der Waals surface area contributed by atoms with Crippen molar-refractivity contribution in [3.63, 3.8) is 0 Å². The molecule has 0 atom stereocenters. The molecule has 2 aromatic rings. The van der Waals surface area contributed by atoms with Crippen LogP contribution in [0.3, 0.4) is 0 Å². The zero-order chi connectivity index (χ0) is 16.2. The molecule has 1 N–H and O–H groups in total. The van der Waals surface area contributed by atoms with Crippen molar-refractivity contribution >= 4 is 15.9 Å². The van der Waals surface area contributed by atoms with Gasteiger partial charge in [-0.05, 0) is 36.9 Å². The van der Waals surface area contributed by atoms with Gasteiger partial charge in [0.2, 0.25) is 10.0 Å². The number of pyridine rings is 1. The zero-order valence-electron chi connectivity index (χ0n) is 12.4. The van der Waals surface area contributed by atoms with Gasteiger partial charge in [0.25, 0.3) is 5.91 Å². The first-order valence-electron chi connectivity index (χ1n) is 6.62. The van der Waals surface area contributed by atoms with Gasteiger partial charge in [-0.15, -0.1) is 0 Å². The number of carbonyl (C=O) groups excluding carboxylic acids is 1. The molecule has 0 fully saturated rings. The van der Waals surface area contributed by atoms with Crippen LogP contribution in [0.15, 0.2) is 53.7 Å². The highest BCUT2D eigenvalue weighted by molar-refractivity contribution is 7.89. The number of amides is 1. The summed E-state index contributed by atoms with van der Waals surface area (Å²) in [5.74, 6) is -0.253. The van der Waals surface area contributed by atoms with Crippen LogP contribution in [0.1, 0.15) is 15.9 Å². The molecular weight excluding hydrogens is 302 g/mol. The molecule has 1 amide bonds. The van der Waals surface area contributed by atoms with E-state index in [2.05, 4.69) is 9.71 Å². The molecule has 0 unspecified atom stereocenters. The molecule has 0 bridgehead atoms. The van der Waals surface area contributed by atoms with E-state index in [1.807, 2.05) is 6.07 Å². The van der Waals surface area contributed by atoms with E-state index in [4.69, 9.17) is 0 Å². The predicted octanol–water partition coefficient (Wildman–Crippen LogP) is 1.26. The number of rotatable bonds is 5. The van der Waals surface area contributed by atoms with Crippen molar-refractivity contribution in [1.29, 1.82) is 0 Å². The second-order valence-electron chi connectivity index (χ2n) is 4.76. The van der Waals surface area contributed by atoms with Gasteiger partial charge in [0, 0.05) is 31.5 Å². The summed E-state index contributed by atoms with van der Waals surface area (Å²) in [6.07, 6.45) is 3.35. The molecule has 0 aliphatic heterocycles. The first kappa shape index (κ1) is 16.1. The lowest BCUT2D eigenvalue weighted by molar-refractivity contribution is 0.0784. The summed E-state index contributed by atoms with van der Waals surface area (Å²) in [5.41, 5.74) is 1.22. The fourth-order valence-corrected chi connectivity index (χ4v) is 2.75. The van der Waals surface area contributed by atoms with Crippen LogP contribution in [0.5, 0.6) is 0 Å². The van der Waals surface area contributed by atoms with Crippen molar-refractivity contribution < 1.29 is 13.2 Å². The number of aromatic nitrogens is 1. The maximum Gasteiger partial charge on any atom is 0.253 e. The second kappa shape index (κ2) is 6.67. The van der Waals surface area contributed by atoms with Crippen LogP contribution in [-0.2, 0) is 16.6 Å². The Morgan fingerprint density at radius 3 is 2.68 bits per heavy atom. The number of nitrogens with zero attached hydrogens (tertiary/aromatic N) is 2. The van der Waals surface area contributed by atoms with Crippen LogP contribution in [0.2, 0.25) is 0 Å². The van der Waals surface area contributed by atoms with Crippen molar-refractivity contribution in [3.8, 4) is 0 Å². The van der Waals surface area contributed by atoms with Crippen LogP contribution in [-0.4, -0.2) is 38.3 Å². The quantitative estimate of drug-likeness (QED) is 0.900. The average Bonchev–Trinajstić information content (AvgIpc) is 2.55. The molecule has 116 valence electrons. The van der Waals surface area contributed by atoms with Crippen molar-refractivity contribution in [2.24, 2.45) is 0 Å². The third-order valence-electron chi connectivity index (χ3n) is 3.15. The SMILES string of the molecule is CNS(=O)(=O)c1cccc(C(=O)N(C)Cc2cccnc2)c1. The molecule has 0 saturated heterocycles. The Balaban J connectivity index is 2.21. The van der Waals surface area contributed by atoms with E-state index in [9.17, 15) is 13.2 Å². The van der Waals surface area contributed by atoms with Gasteiger partial charge in [-0.2, -0.15) is 0 Å². The number of sulfonamides is 1. The Hall–Kier alpha value is -2.25. The number of carbonyl (C=O) groups is 1. The van der Waals surface area contributed by atoms with Gasteiger partial charge in [-0.1, -0.05) is 12.1 Å². The Bertz CT molecular complexity index is 761. The lowest BCUT2D eigenvalue weighted by Gasteiger charge is -2.17. The van der Waals surface area contributed by atoms with Gasteiger partial charge in [0.15, 0.2) is 0 Å². The van der Waals surface area contributed by atoms with Crippen LogP contribution < -0.4 is 4.72 Å². The number of hydrogen-bond donors (Lipinski definition) is 1.